The average Bonchev–Trinajstić information content (AvgIpc) is 2.30. The molecule has 0 saturated carbocycles. The van der Waals surface area contributed by atoms with Crippen LogP contribution >= 0.6 is 0 Å². The van der Waals surface area contributed by atoms with Gasteiger partial charge in [-0.1, -0.05) is 13.3 Å². The van der Waals surface area contributed by atoms with Gasteiger partial charge in [0, 0.05) is 6.04 Å². The van der Waals surface area contributed by atoms with Crippen LogP contribution in [0.25, 0.3) is 0 Å². The fourth-order valence-electron chi connectivity index (χ4n) is 1.97. The van der Waals surface area contributed by atoms with Gasteiger partial charge in [0.25, 0.3) is 0 Å². The third-order valence-electron chi connectivity index (χ3n) is 2.62. The zero-order valence-corrected chi connectivity index (χ0v) is 9.02. The highest BCUT2D eigenvalue weighted by Gasteiger charge is 2.28. The van der Waals surface area contributed by atoms with Gasteiger partial charge in [-0.15, -0.1) is 0 Å². The van der Waals surface area contributed by atoms with E-state index in [2.05, 4.69) is 6.92 Å². The molecule has 0 aromatic heterocycles. The molecule has 0 radical (unpaired) electrons. The lowest BCUT2D eigenvalue weighted by molar-refractivity contribution is 0.449. The van der Waals surface area contributed by atoms with Crippen LogP contribution in [0.2, 0.25) is 0 Å². The summed E-state index contributed by atoms with van der Waals surface area (Å²) in [5, 5.41) is 0. The number of hydrogen-bond acceptors (Lipinski definition) is 3. The van der Waals surface area contributed by atoms with Crippen LogP contribution in [-0.2, 0) is 9.84 Å². The lowest BCUT2D eigenvalue weighted by Gasteiger charge is -2.13. The van der Waals surface area contributed by atoms with Crippen LogP contribution in [0.15, 0.2) is 0 Å². The highest BCUT2D eigenvalue weighted by Crippen LogP contribution is 2.23. The van der Waals surface area contributed by atoms with E-state index in [0.717, 1.165) is 25.7 Å². The molecule has 1 aliphatic heterocycles. The summed E-state index contributed by atoms with van der Waals surface area (Å²) in [7, 11) is -2.71. The maximum absolute atomic E-state index is 11.1. The van der Waals surface area contributed by atoms with E-state index in [4.69, 9.17) is 5.73 Å². The Bertz CT molecular complexity index is 248. The average molecular weight is 205 g/mol. The minimum absolute atomic E-state index is 0.197. The molecule has 2 N–H and O–H groups in total. The first-order valence-electron chi connectivity index (χ1n) is 4.99. The summed E-state index contributed by atoms with van der Waals surface area (Å²) in [6, 6.07) is 0.197. The Kier molecular flexibility index (Phi) is 3.74. The monoisotopic (exact) mass is 205 g/mol. The van der Waals surface area contributed by atoms with Crippen molar-refractivity contribution in [3.8, 4) is 0 Å². The molecule has 2 unspecified atom stereocenters. The van der Waals surface area contributed by atoms with Gasteiger partial charge in [0.2, 0.25) is 0 Å². The maximum atomic E-state index is 11.1. The van der Waals surface area contributed by atoms with Crippen molar-refractivity contribution >= 4 is 9.84 Å². The first-order valence-corrected chi connectivity index (χ1v) is 6.81. The van der Waals surface area contributed by atoms with Crippen LogP contribution in [0, 0.1) is 5.92 Å². The van der Waals surface area contributed by atoms with E-state index < -0.39 is 9.84 Å². The zero-order valence-electron chi connectivity index (χ0n) is 8.20. The normalized spacial score (nSPS) is 28.9. The summed E-state index contributed by atoms with van der Waals surface area (Å²) in [6.07, 6.45) is 3.80. The van der Waals surface area contributed by atoms with Crippen LogP contribution < -0.4 is 5.73 Å². The van der Waals surface area contributed by atoms with Gasteiger partial charge < -0.3 is 5.73 Å². The van der Waals surface area contributed by atoms with Gasteiger partial charge in [-0.25, -0.2) is 8.42 Å². The first-order chi connectivity index (χ1) is 6.03. The molecular formula is C9H19NO2S. The molecule has 0 aromatic rings. The van der Waals surface area contributed by atoms with Crippen molar-refractivity contribution in [3.05, 3.63) is 0 Å². The van der Waals surface area contributed by atoms with Crippen LogP contribution in [0.3, 0.4) is 0 Å². The Morgan fingerprint density at radius 2 is 2.23 bits per heavy atom. The van der Waals surface area contributed by atoms with Gasteiger partial charge >= 0.3 is 0 Å². The summed E-state index contributed by atoms with van der Waals surface area (Å²) in [6.45, 7) is 2.10. The molecule has 1 fully saturated rings. The lowest BCUT2D eigenvalue weighted by atomic mass is 9.97. The zero-order chi connectivity index (χ0) is 9.90. The Morgan fingerprint density at radius 3 is 2.69 bits per heavy atom. The smallest absolute Gasteiger partial charge is 0.150 e. The predicted octanol–water partition coefficient (Wildman–Crippen LogP) is 0.939. The molecule has 0 bridgehead atoms. The van der Waals surface area contributed by atoms with Crippen LogP contribution in [0.1, 0.15) is 32.6 Å². The van der Waals surface area contributed by atoms with E-state index in [0.29, 0.717) is 17.4 Å². The van der Waals surface area contributed by atoms with Gasteiger partial charge in [0.1, 0.15) is 0 Å². The van der Waals surface area contributed by atoms with E-state index >= 15 is 0 Å². The number of nitrogens with two attached hydrogens (primary N) is 1. The summed E-state index contributed by atoms with van der Waals surface area (Å²) in [5.41, 5.74) is 5.86. The summed E-state index contributed by atoms with van der Waals surface area (Å²) < 4.78 is 22.3. The molecule has 1 heterocycles. The van der Waals surface area contributed by atoms with E-state index in [1.807, 2.05) is 0 Å². The Labute approximate surface area is 80.6 Å². The molecule has 0 spiro atoms. The summed E-state index contributed by atoms with van der Waals surface area (Å²) in [5.74, 6) is 1.06. The largest absolute Gasteiger partial charge is 0.328 e. The standard InChI is InChI=1S/C9H19NO2S/c1-2-3-9(10)6-8-4-5-13(11,12)7-8/h8-9H,2-7,10H2,1H3. The molecule has 0 aromatic carbocycles. The van der Waals surface area contributed by atoms with Crippen LogP contribution in [-0.4, -0.2) is 26.0 Å². The van der Waals surface area contributed by atoms with E-state index in [-0.39, 0.29) is 6.04 Å². The Morgan fingerprint density at radius 1 is 1.54 bits per heavy atom. The molecule has 1 rings (SSSR count). The SMILES string of the molecule is CCCC(N)CC1CCS(=O)(=O)C1. The van der Waals surface area contributed by atoms with E-state index in [1.165, 1.54) is 0 Å². The van der Waals surface area contributed by atoms with Crippen molar-refractivity contribution in [3.63, 3.8) is 0 Å². The topological polar surface area (TPSA) is 60.2 Å². The highest BCUT2D eigenvalue weighted by molar-refractivity contribution is 7.91. The lowest BCUT2D eigenvalue weighted by Crippen LogP contribution is -2.23. The first kappa shape index (κ1) is 11.0. The van der Waals surface area contributed by atoms with Crippen molar-refractivity contribution in [1.29, 1.82) is 0 Å². The molecular weight excluding hydrogens is 186 g/mol. The maximum Gasteiger partial charge on any atom is 0.150 e. The minimum atomic E-state index is -2.71. The molecule has 1 aliphatic rings. The summed E-state index contributed by atoms with van der Waals surface area (Å²) in [4.78, 5) is 0. The quantitative estimate of drug-likeness (QED) is 0.743. The molecule has 0 amide bonds. The molecule has 4 heteroatoms. The van der Waals surface area contributed by atoms with Gasteiger partial charge in [0.15, 0.2) is 9.84 Å². The van der Waals surface area contributed by atoms with E-state index in [1.54, 1.807) is 0 Å². The number of rotatable bonds is 4. The molecule has 78 valence electrons. The molecule has 13 heavy (non-hydrogen) atoms. The fraction of sp³-hybridized carbons (Fsp3) is 1.00. The van der Waals surface area contributed by atoms with Crippen molar-refractivity contribution in [1.82, 2.24) is 0 Å². The Hall–Kier alpha value is -0.0900. The van der Waals surface area contributed by atoms with Crippen molar-refractivity contribution in [2.75, 3.05) is 11.5 Å². The minimum Gasteiger partial charge on any atom is -0.328 e. The highest BCUT2D eigenvalue weighted by atomic mass is 32.2. The van der Waals surface area contributed by atoms with Crippen LogP contribution in [0.5, 0.6) is 0 Å². The second-order valence-corrected chi connectivity index (χ2v) is 6.28. The van der Waals surface area contributed by atoms with Gasteiger partial charge in [-0.3, -0.25) is 0 Å². The number of hydrogen-bond donors (Lipinski definition) is 1. The van der Waals surface area contributed by atoms with Gasteiger partial charge in [-0.2, -0.15) is 0 Å². The number of sulfone groups is 1. The fourth-order valence-corrected chi connectivity index (χ4v) is 3.85. The third kappa shape index (κ3) is 3.65. The van der Waals surface area contributed by atoms with Crippen LogP contribution in [0.4, 0.5) is 0 Å². The van der Waals surface area contributed by atoms with Crippen molar-refractivity contribution < 1.29 is 8.42 Å². The van der Waals surface area contributed by atoms with Crippen molar-refractivity contribution in [2.24, 2.45) is 11.7 Å². The van der Waals surface area contributed by atoms with Gasteiger partial charge in [0.05, 0.1) is 11.5 Å². The molecule has 1 saturated heterocycles. The molecule has 2 atom stereocenters. The van der Waals surface area contributed by atoms with E-state index in [9.17, 15) is 8.42 Å². The Balaban J connectivity index is 2.32. The van der Waals surface area contributed by atoms with Crippen molar-refractivity contribution in [2.45, 2.75) is 38.6 Å². The summed E-state index contributed by atoms with van der Waals surface area (Å²) >= 11 is 0. The molecule has 0 aliphatic carbocycles. The predicted molar refractivity (Wildman–Crippen MR) is 54.3 cm³/mol. The second kappa shape index (κ2) is 4.42. The third-order valence-corrected chi connectivity index (χ3v) is 4.46. The second-order valence-electron chi connectivity index (χ2n) is 4.05. The molecule has 3 nitrogen and oxygen atoms in total. The van der Waals surface area contributed by atoms with Gasteiger partial charge in [-0.05, 0) is 25.2 Å².